The zero-order chi connectivity index (χ0) is 48.6. The lowest BCUT2D eigenvalue weighted by atomic mass is 10.0. The Bertz CT molecular complexity index is 1890. The first kappa shape index (κ1) is 54.4. The topological polar surface area (TPSA) is 133 Å². The Morgan fingerprint density at radius 3 is 1.57 bits per heavy atom. The van der Waals surface area contributed by atoms with Crippen LogP contribution in [0.4, 0.5) is 70.2 Å². The van der Waals surface area contributed by atoms with Crippen LogP contribution in [0.15, 0.2) is 42.5 Å². The molecular weight excluding hydrogens is 912 g/mol. The van der Waals surface area contributed by atoms with Gasteiger partial charge in [0.05, 0.1) is 30.9 Å². The van der Waals surface area contributed by atoms with Gasteiger partial charge in [-0.15, -0.1) is 0 Å². The summed E-state index contributed by atoms with van der Waals surface area (Å²) in [5.41, 5.74) is -1.35. The molecule has 0 radical (unpaired) electrons. The fraction of sp³-hybridized carbons (Fsp3) is 0.556. The predicted octanol–water partition coefficient (Wildman–Crippen LogP) is 9.47. The molecule has 3 unspecified atom stereocenters. The van der Waals surface area contributed by atoms with E-state index in [1.807, 2.05) is 0 Å². The Morgan fingerprint density at radius 2 is 1.08 bits per heavy atom. The van der Waals surface area contributed by atoms with E-state index in [1.165, 1.54) is 31.4 Å². The molecule has 0 aliphatic heterocycles. The van der Waals surface area contributed by atoms with E-state index < -0.39 is 96.1 Å². The maximum Gasteiger partial charge on any atom is 0.462 e. The second-order valence-corrected chi connectivity index (χ2v) is 13.1. The van der Waals surface area contributed by atoms with Gasteiger partial charge in [0, 0.05) is 43.6 Å². The Morgan fingerprint density at radius 1 is 0.587 bits per heavy atom. The quantitative estimate of drug-likeness (QED) is 0.0432. The number of carbonyl (C=O) groups is 4. The van der Waals surface area contributed by atoms with Crippen LogP contribution in [0.2, 0.25) is 0 Å². The number of Topliss-reactive ketones (excluding diaryl/α,β-unsaturated/α-hetero) is 2. The number of methoxy groups -OCH3 is 1. The van der Waals surface area contributed by atoms with Crippen molar-refractivity contribution in [1.82, 2.24) is 0 Å². The molecule has 0 spiro atoms. The minimum Gasteiger partial charge on any atom is -0.462 e. The van der Waals surface area contributed by atoms with E-state index in [0.717, 1.165) is 6.92 Å². The summed E-state index contributed by atoms with van der Waals surface area (Å²) >= 11 is 0. The standard InChI is InChI=1S/C36H34F16O11/c1-18(2)25(53)20-7-9-21(10-8-20)27(55)59-14-6-12-58-19(3)26(54)22-15-23(28(56)60-13-5-11-57-4)17-24(16-22)61-30(38,39)29(37)62-36(51,52)32(42,34(46,47)48)63-35(49,50)31(40,41)33(43,44)45/h7-10,15-19,29H,5-6,11-14H2,1-4H3. The van der Waals surface area contributed by atoms with Crippen molar-refractivity contribution in [3.05, 3.63) is 64.7 Å². The summed E-state index contributed by atoms with van der Waals surface area (Å²) in [5, 5.41) is 0. The minimum atomic E-state index is -7.93. The van der Waals surface area contributed by atoms with Crippen molar-refractivity contribution in [2.24, 2.45) is 5.92 Å². The van der Waals surface area contributed by atoms with Gasteiger partial charge in [-0.05, 0) is 37.3 Å². The maximum atomic E-state index is 14.8. The first-order valence-corrected chi connectivity index (χ1v) is 17.5. The Balaban J connectivity index is 2.31. The predicted molar refractivity (Wildman–Crippen MR) is 177 cm³/mol. The zero-order valence-electron chi connectivity index (χ0n) is 32.6. The third kappa shape index (κ3) is 13.6. The molecule has 0 heterocycles. The van der Waals surface area contributed by atoms with Crippen LogP contribution >= 0.6 is 0 Å². The van der Waals surface area contributed by atoms with E-state index in [2.05, 4.69) is 9.47 Å². The van der Waals surface area contributed by atoms with Crippen LogP contribution in [0, 0.1) is 5.92 Å². The first-order chi connectivity index (χ1) is 28.7. The van der Waals surface area contributed by atoms with Gasteiger partial charge in [0.2, 0.25) is 0 Å². The second kappa shape index (κ2) is 20.8. The number of ketones is 2. The highest BCUT2D eigenvalue weighted by Gasteiger charge is 2.84. The van der Waals surface area contributed by atoms with Crippen molar-refractivity contribution in [2.75, 3.05) is 33.5 Å². The van der Waals surface area contributed by atoms with Crippen molar-refractivity contribution < 1.29 is 123 Å². The molecule has 0 bridgehead atoms. The summed E-state index contributed by atoms with van der Waals surface area (Å²) in [4.78, 5) is 50.3. The Labute approximate surface area is 344 Å². The van der Waals surface area contributed by atoms with Crippen molar-refractivity contribution in [1.29, 1.82) is 0 Å². The first-order valence-electron chi connectivity index (χ1n) is 17.5. The van der Waals surface area contributed by atoms with Gasteiger partial charge in [0.15, 0.2) is 11.6 Å². The van der Waals surface area contributed by atoms with Gasteiger partial charge in [-0.1, -0.05) is 26.0 Å². The number of ether oxygens (including phenoxy) is 7. The van der Waals surface area contributed by atoms with E-state index in [1.54, 1.807) is 18.6 Å². The van der Waals surface area contributed by atoms with Gasteiger partial charge in [-0.2, -0.15) is 65.9 Å². The van der Waals surface area contributed by atoms with Crippen molar-refractivity contribution in [2.45, 2.75) is 88.5 Å². The van der Waals surface area contributed by atoms with E-state index >= 15 is 0 Å². The number of benzene rings is 2. The average molecular weight is 947 g/mol. The van der Waals surface area contributed by atoms with E-state index in [-0.39, 0.29) is 62.1 Å². The number of rotatable bonds is 24. The van der Waals surface area contributed by atoms with Gasteiger partial charge in [-0.3, -0.25) is 19.1 Å². The second-order valence-electron chi connectivity index (χ2n) is 13.1. The number of alkyl halides is 16. The minimum absolute atomic E-state index is 0.00138. The number of hydrogen-bond acceptors (Lipinski definition) is 11. The average Bonchev–Trinajstić information content (AvgIpc) is 3.16. The molecule has 0 N–H and O–H groups in total. The highest BCUT2D eigenvalue weighted by Crippen LogP contribution is 2.55. The largest absolute Gasteiger partial charge is 0.462 e. The smallest absolute Gasteiger partial charge is 0.462 e. The normalized spacial score (nSPS) is 15.1. The summed E-state index contributed by atoms with van der Waals surface area (Å²) in [6.07, 6.45) is -44.4. The molecule has 0 aliphatic rings. The molecule has 0 amide bonds. The fourth-order valence-corrected chi connectivity index (χ4v) is 4.52. The van der Waals surface area contributed by atoms with Crippen molar-refractivity contribution >= 4 is 23.5 Å². The molecule has 3 atom stereocenters. The summed E-state index contributed by atoms with van der Waals surface area (Å²) in [6, 6.07) is 6.54. The molecule has 0 saturated heterocycles. The molecule has 356 valence electrons. The monoisotopic (exact) mass is 946 g/mol. The third-order valence-electron chi connectivity index (χ3n) is 7.84. The van der Waals surface area contributed by atoms with E-state index in [4.69, 9.17) is 18.9 Å². The van der Waals surface area contributed by atoms with Crippen LogP contribution < -0.4 is 4.74 Å². The Hall–Kier alpha value is -4.76. The summed E-state index contributed by atoms with van der Waals surface area (Å²) in [6.45, 7) is 3.27. The lowest BCUT2D eigenvalue weighted by molar-refractivity contribution is -0.543. The molecule has 0 fully saturated rings. The molecule has 0 aromatic heterocycles. The van der Waals surface area contributed by atoms with Gasteiger partial charge in [0.25, 0.3) is 0 Å². The zero-order valence-corrected chi connectivity index (χ0v) is 32.6. The molecule has 11 nitrogen and oxygen atoms in total. The van der Waals surface area contributed by atoms with Crippen LogP contribution in [0.1, 0.15) is 75.0 Å². The van der Waals surface area contributed by atoms with Crippen LogP contribution in [-0.4, -0.2) is 112 Å². The number of carbonyl (C=O) groups excluding carboxylic acids is 4. The van der Waals surface area contributed by atoms with Gasteiger partial charge in [-0.25, -0.2) is 14.0 Å². The maximum absolute atomic E-state index is 14.8. The summed E-state index contributed by atoms with van der Waals surface area (Å²) in [5.74, 6) is -21.4. The molecule has 2 aromatic rings. The van der Waals surface area contributed by atoms with E-state index in [9.17, 15) is 89.4 Å². The summed E-state index contributed by atoms with van der Waals surface area (Å²) < 4.78 is 245. The van der Waals surface area contributed by atoms with Crippen molar-refractivity contribution in [3.63, 3.8) is 0 Å². The van der Waals surface area contributed by atoms with Gasteiger partial charge >= 0.3 is 60.8 Å². The van der Waals surface area contributed by atoms with E-state index in [0.29, 0.717) is 11.6 Å². The van der Waals surface area contributed by atoms with Crippen LogP contribution in [-0.2, 0) is 28.4 Å². The SMILES string of the molecule is COCCCOC(=O)c1cc(OC(F)(F)C(F)OC(F)(F)C(F)(OC(F)(F)C(F)(F)C(F)(F)F)C(F)(F)F)cc(C(=O)C(C)OCCCOC(=O)c2ccc(C(=O)C(C)C)cc2)c1. The molecular formula is C36H34F16O11. The number of halogens is 16. The molecule has 0 saturated carbocycles. The number of esters is 2. The van der Waals surface area contributed by atoms with Gasteiger partial charge in [0.1, 0.15) is 11.9 Å². The van der Waals surface area contributed by atoms with Crippen LogP contribution in [0.5, 0.6) is 5.75 Å². The van der Waals surface area contributed by atoms with Crippen molar-refractivity contribution in [3.8, 4) is 5.75 Å². The van der Waals surface area contributed by atoms with Gasteiger partial charge < -0.3 is 23.7 Å². The molecule has 63 heavy (non-hydrogen) atoms. The molecule has 0 aliphatic carbocycles. The number of hydrogen-bond donors (Lipinski definition) is 0. The summed E-state index contributed by atoms with van der Waals surface area (Å²) in [7, 11) is 1.25. The fourth-order valence-electron chi connectivity index (χ4n) is 4.52. The Kier molecular flexibility index (Phi) is 18.0. The third-order valence-corrected chi connectivity index (χ3v) is 7.84. The van der Waals surface area contributed by atoms with Crippen LogP contribution in [0.3, 0.4) is 0 Å². The lowest BCUT2D eigenvalue weighted by Crippen LogP contribution is -2.66. The molecule has 2 rings (SSSR count). The lowest BCUT2D eigenvalue weighted by Gasteiger charge is -2.38. The van der Waals surface area contributed by atoms with Crippen LogP contribution in [0.25, 0.3) is 0 Å². The highest BCUT2D eigenvalue weighted by atomic mass is 19.4. The molecule has 2 aromatic carbocycles. The highest BCUT2D eigenvalue weighted by molar-refractivity contribution is 6.02. The molecule has 27 heteroatoms.